The minimum absolute atomic E-state index is 0.199. The van der Waals surface area contributed by atoms with E-state index in [1.165, 1.54) is 0 Å². The number of benzene rings is 1. The number of thioether (sulfide) groups is 1. The maximum absolute atomic E-state index is 11.8. The SMILES string of the molecule is N#Cc1cc(CNCC2CCN(c3nccc(/C=C4\SC(=O)NC4=O)n3)CC2)cnc1-c1ccc2c(c1)OCO2. The molecule has 0 atom stereocenters. The van der Waals surface area contributed by atoms with Gasteiger partial charge in [-0.3, -0.25) is 19.9 Å². The molecule has 2 N–H and O–H groups in total. The molecule has 6 rings (SSSR count). The predicted molar refractivity (Wildman–Crippen MR) is 148 cm³/mol. The number of rotatable bonds is 7. The van der Waals surface area contributed by atoms with Gasteiger partial charge < -0.3 is 19.7 Å². The number of nitrogens with zero attached hydrogens (tertiary/aromatic N) is 5. The summed E-state index contributed by atoms with van der Waals surface area (Å²) in [6, 6.07) is 11.4. The normalized spacial score (nSPS) is 17.8. The van der Waals surface area contributed by atoms with Crippen molar-refractivity contribution in [3.63, 3.8) is 0 Å². The molecule has 12 heteroatoms. The summed E-state index contributed by atoms with van der Waals surface area (Å²) in [5.41, 5.74) is 3.50. The van der Waals surface area contributed by atoms with Crippen molar-refractivity contribution in [2.24, 2.45) is 5.92 Å². The second-order valence-corrected chi connectivity index (χ2v) is 10.6. The van der Waals surface area contributed by atoms with Gasteiger partial charge in [0.2, 0.25) is 12.7 Å². The quantitative estimate of drug-likeness (QED) is 0.414. The second kappa shape index (κ2) is 11.3. The van der Waals surface area contributed by atoms with Gasteiger partial charge in [-0.25, -0.2) is 9.97 Å². The highest BCUT2D eigenvalue weighted by Gasteiger charge is 2.26. The maximum Gasteiger partial charge on any atom is 0.290 e. The number of hydrogen-bond acceptors (Lipinski definition) is 11. The van der Waals surface area contributed by atoms with Crippen LogP contribution in [0.2, 0.25) is 0 Å². The molecule has 2 saturated heterocycles. The molecule has 0 radical (unpaired) electrons. The molecular weight excluding hydrogens is 530 g/mol. The van der Waals surface area contributed by atoms with E-state index in [0.29, 0.717) is 51.8 Å². The Morgan fingerprint density at radius 3 is 2.80 bits per heavy atom. The van der Waals surface area contributed by atoms with Crippen LogP contribution in [-0.2, 0) is 11.3 Å². The Morgan fingerprint density at radius 1 is 1.15 bits per heavy atom. The van der Waals surface area contributed by atoms with Gasteiger partial charge in [0.15, 0.2) is 11.5 Å². The van der Waals surface area contributed by atoms with Crippen LogP contribution in [0.1, 0.15) is 29.7 Å². The summed E-state index contributed by atoms with van der Waals surface area (Å²) >= 11 is 0.874. The number of imide groups is 1. The van der Waals surface area contributed by atoms with E-state index in [2.05, 4.69) is 36.6 Å². The van der Waals surface area contributed by atoms with Gasteiger partial charge in [-0.2, -0.15) is 5.26 Å². The zero-order valence-corrected chi connectivity index (χ0v) is 22.2. The molecule has 0 saturated carbocycles. The van der Waals surface area contributed by atoms with Crippen LogP contribution in [0.4, 0.5) is 10.7 Å². The number of anilines is 1. The zero-order chi connectivity index (χ0) is 27.5. The monoisotopic (exact) mass is 555 g/mol. The number of fused-ring (bicyclic) bond motifs is 1. The van der Waals surface area contributed by atoms with Crippen molar-refractivity contribution in [1.29, 1.82) is 5.26 Å². The molecule has 202 valence electrons. The van der Waals surface area contributed by atoms with Crippen molar-refractivity contribution < 1.29 is 19.1 Å². The predicted octanol–water partition coefficient (Wildman–Crippen LogP) is 3.47. The molecule has 0 bridgehead atoms. The Labute approximate surface area is 234 Å². The van der Waals surface area contributed by atoms with Gasteiger partial charge in [-0.05, 0) is 79.0 Å². The number of carbonyl (C=O) groups excluding carboxylic acids is 2. The van der Waals surface area contributed by atoms with Gasteiger partial charge in [0, 0.05) is 37.6 Å². The van der Waals surface area contributed by atoms with Crippen LogP contribution in [0.3, 0.4) is 0 Å². The lowest BCUT2D eigenvalue weighted by Gasteiger charge is -2.32. The van der Waals surface area contributed by atoms with E-state index in [1.807, 2.05) is 24.3 Å². The highest BCUT2D eigenvalue weighted by Crippen LogP contribution is 2.36. The number of nitrogens with one attached hydrogen (secondary N) is 2. The Bertz CT molecular complexity index is 1550. The minimum atomic E-state index is -0.399. The molecule has 3 aliphatic heterocycles. The van der Waals surface area contributed by atoms with E-state index in [4.69, 9.17) is 9.47 Å². The van der Waals surface area contributed by atoms with Crippen LogP contribution >= 0.6 is 11.8 Å². The fourth-order valence-electron chi connectivity index (χ4n) is 4.87. The minimum Gasteiger partial charge on any atom is -0.454 e. The lowest BCUT2D eigenvalue weighted by Crippen LogP contribution is -2.38. The summed E-state index contributed by atoms with van der Waals surface area (Å²) in [5.74, 6) is 2.08. The van der Waals surface area contributed by atoms with Gasteiger partial charge in [0.1, 0.15) is 6.07 Å². The summed E-state index contributed by atoms with van der Waals surface area (Å²) in [4.78, 5) is 39.3. The number of ether oxygens (including phenoxy) is 2. The lowest BCUT2D eigenvalue weighted by atomic mass is 9.97. The van der Waals surface area contributed by atoms with Crippen molar-refractivity contribution >= 4 is 34.9 Å². The number of amides is 2. The Kier molecular flexibility index (Phi) is 7.31. The first-order valence-electron chi connectivity index (χ1n) is 12.9. The van der Waals surface area contributed by atoms with Gasteiger partial charge in [0.05, 0.1) is 21.9 Å². The van der Waals surface area contributed by atoms with Gasteiger partial charge in [0.25, 0.3) is 11.1 Å². The molecule has 2 fully saturated rings. The number of piperidine rings is 1. The maximum atomic E-state index is 11.8. The van der Waals surface area contributed by atoms with E-state index >= 15 is 0 Å². The van der Waals surface area contributed by atoms with Crippen LogP contribution in [-0.4, -0.2) is 52.5 Å². The van der Waals surface area contributed by atoms with Crippen molar-refractivity contribution in [3.8, 4) is 28.8 Å². The van der Waals surface area contributed by atoms with Crippen LogP contribution in [0.5, 0.6) is 11.5 Å². The van der Waals surface area contributed by atoms with Gasteiger partial charge in [-0.15, -0.1) is 0 Å². The molecule has 5 heterocycles. The summed E-state index contributed by atoms with van der Waals surface area (Å²) in [7, 11) is 0. The third-order valence-electron chi connectivity index (χ3n) is 6.96. The van der Waals surface area contributed by atoms with E-state index in [9.17, 15) is 14.9 Å². The summed E-state index contributed by atoms with van der Waals surface area (Å²) in [5, 5.41) is 15.1. The summed E-state index contributed by atoms with van der Waals surface area (Å²) < 4.78 is 10.8. The topological polar surface area (TPSA) is 142 Å². The fraction of sp³-hybridized carbons (Fsp3) is 0.286. The largest absolute Gasteiger partial charge is 0.454 e. The van der Waals surface area contributed by atoms with E-state index < -0.39 is 5.91 Å². The van der Waals surface area contributed by atoms with Crippen molar-refractivity contribution in [3.05, 3.63) is 64.5 Å². The molecule has 0 spiro atoms. The molecule has 2 amide bonds. The third kappa shape index (κ3) is 5.61. The molecule has 0 aliphatic carbocycles. The summed E-state index contributed by atoms with van der Waals surface area (Å²) in [6.07, 6.45) is 7.06. The van der Waals surface area contributed by atoms with Crippen LogP contribution in [0.15, 0.2) is 47.6 Å². The molecule has 11 nitrogen and oxygen atoms in total. The van der Waals surface area contributed by atoms with E-state index in [0.717, 1.165) is 55.4 Å². The Balaban J connectivity index is 1.01. The number of pyridine rings is 1. The number of hydrogen-bond donors (Lipinski definition) is 2. The van der Waals surface area contributed by atoms with Gasteiger partial charge in [-0.1, -0.05) is 0 Å². The average molecular weight is 556 g/mol. The van der Waals surface area contributed by atoms with Crippen LogP contribution < -0.4 is 25.0 Å². The first-order chi connectivity index (χ1) is 19.6. The van der Waals surface area contributed by atoms with Crippen LogP contribution in [0.25, 0.3) is 17.3 Å². The van der Waals surface area contributed by atoms with Crippen LogP contribution in [0, 0.1) is 17.2 Å². The molecule has 1 aromatic carbocycles. The third-order valence-corrected chi connectivity index (χ3v) is 7.77. The van der Waals surface area contributed by atoms with Crippen molar-refractivity contribution in [2.45, 2.75) is 19.4 Å². The zero-order valence-electron chi connectivity index (χ0n) is 21.4. The molecular formula is C28H25N7O4S. The lowest BCUT2D eigenvalue weighted by molar-refractivity contribution is -0.115. The van der Waals surface area contributed by atoms with Crippen molar-refractivity contribution in [2.75, 3.05) is 31.3 Å². The van der Waals surface area contributed by atoms with E-state index in [1.54, 1.807) is 24.5 Å². The molecule has 2 aromatic heterocycles. The fourth-order valence-corrected chi connectivity index (χ4v) is 5.54. The molecule has 40 heavy (non-hydrogen) atoms. The first-order valence-corrected chi connectivity index (χ1v) is 13.7. The standard InChI is InChI=1S/C28H25N7O4S/c29-12-20-9-18(15-32-25(20)19-1-2-22-23(10-19)39-16-38-22)14-30-13-17-4-7-35(8-5-17)27-31-6-3-21(33-27)11-24-26(36)34-28(37)40-24/h1-3,6,9-11,15,17,30H,4-5,7-8,13-14,16H2,(H,34,36,37)/b24-11-. The van der Waals surface area contributed by atoms with E-state index in [-0.39, 0.29) is 12.0 Å². The average Bonchev–Trinajstić information content (AvgIpc) is 3.58. The summed E-state index contributed by atoms with van der Waals surface area (Å²) in [6.45, 7) is 3.32. The number of carbonyl (C=O) groups is 2. The smallest absolute Gasteiger partial charge is 0.290 e. The Morgan fingerprint density at radius 2 is 2.00 bits per heavy atom. The molecule has 3 aromatic rings. The number of aromatic nitrogens is 3. The van der Waals surface area contributed by atoms with Crippen molar-refractivity contribution in [1.82, 2.24) is 25.6 Å². The highest BCUT2D eigenvalue weighted by molar-refractivity contribution is 8.18. The second-order valence-electron chi connectivity index (χ2n) is 9.61. The highest BCUT2D eigenvalue weighted by atomic mass is 32.2. The molecule has 0 unspecified atom stereocenters. The first kappa shape index (κ1) is 25.8. The molecule has 3 aliphatic rings. The Hall–Kier alpha value is -4.47. The van der Waals surface area contributed by atoms with Gasteiger partial charge >= 0.3 is 0 Å². The number of nitriles is 1.